The first kappa shape index (κ1) is 25.5. The summed E-state index contributed by atoms with van der Waals surface area (Å²) in [5.41, 5.74) is 9.77. The summed E-state index contributed by atoms with van der Waals surface area (Å²) in [5, 5.41) is 7.92. The Morgan fingerprint density at radius 1 is 0.561 bits per heavy atom. The molecule has 0 N–H and O–H groups in total. The number of allylic oxidation sites excluding steroid dienone is 2. The van der Waals surface area contributed by atoms with Crippen molar-refractivity contribution in [3.63, 3.8) is 0 Å². The van der Waals surface area contributed by atoms with Crippen molar-refractivity contribution in [2.45, 2.75) is 44.9 Å². The molecule has 1 aliphatic carbocycles. The lowest BCUT2D eigenvalue weighted by atomic mass is 9.79. The molecular weight excluding hydrogens is 492 g/mol. The second-order valence-electron chi connectivity index (χ2n) is 11.8. The van der Waals surface area contributed by atoms with Gasteiger partial charge in [-0.05, 0) is 103 Å². The number of hydrogen-bond donors (Lipinski definition) is 0. The van der Waals surface area contributed by atoms with Crippen molar-refractivity contribution in [2.75, 3.05) is 0 Å². The van der Waals surface area contributed by atoms with Crippen LogP contribution in [0.4, 0.5) is 0 Å². The summed E-state index contributed by atoms with van der Waals surface area (Å²) < 4.78 is 0. The summed E-state index contributed by atoms with van der Waals surface area (Å²) >= 11 is 0. The molecule has 1 saturated carbocycles. The molecule has 1 fully saturated rings. The van der Waals surface area contributed by atoms with Crippen LogP contribution in [0.5, 0.6) is 0 Å². The molecule has 200 valence electrons. The molecule has 0 bridgehead atoms. The lowest BCUT2D eigenvalue weighted by Gasteiger charge is -2.25. The largest absolute Gasteiger partial charge is 0.0955 e. The Hall–Kier alpha value is -4.42. The number of fused-ring (bicyclic) bond motifs is 3. The first-order valence-corrected chi connectivity index (χ1v) is 15.0. The molecule has 0 unspecified atom stereocenters. The van der Waals surface area contributed by atoms with Gasteiger partial charge in [0.15, 0.2) is 0 Å². The van der Waals surface area contributed by atoms with Gasteiger partial charge in [0.2, 0.25) is 0 Å². The molecule has 41 heavy (non-hydrogen) atoms. The fourth-order valence-corrected chi connectivity index (χ4v) is 7.15. The highest BCUT2D eigenvalue weighted by atomic mass is 14.3. The molecule has 6 aromatic rings. The average Bonchev–Trinajstić information content (AvgIpc) is 3.03. The summed E-state index contributed by atoms with van der Waals surface area (Å²) in [6.45, 7) is 10.5. The molecular formula is C41H36. The molecule has 0 heterocycles. The highest BCUT2D eigenvalue weighted by Gasteiger charge is 2.22. The van der Waals surface area contributed by atoms with Crippen molar-refractivity contribution in [2.24, 2.45) is 0 Å². The van der Waals surface area contributed by atoms with Crippen LogP contribution in [0, 0.1) is 0 Å². The third-order valence-electron chi connectivity index (χ3n) is 9.22. The summed E-state index contributed by atoms with van der Waals surface area (Å²) in [7, 11) is 0. The molecule has 6 aromatic carbocycles. The van der Waals surface area contributed by atoms with Gasteiger partial charge in [0, 0.05) is 0 Å². The van der Waals surface area contributed by atoms with Gasteiger partial charge in [-0.2, -0.15) is 0 Å². The van der Waals surface area contributed by atoms with Crippen LogP contribution in [0.15, 0.2) is 128 Å². The standard InChI is InChI=1S/C41H36/c1-27(2)28(3)30-16-13-17-31(26-30)40-35-20-9-11-22-37(35)41(38-23-12-10-21-36(38)40)39-25-24-32(29-14-5-4-6-15-29)33-18-7-8-19-34(33)39/h7-13,16-26,29H,1,3-6,14-15H2,2H3. The van der Waals surface area contributed by atoms with Crippen LogP contribution in [-0.2, 0) is 0 Å². The third kappa shape index (κ3) is 4.39. The fraction of sp³-hybridized carbons (Fsp3) is 0.171. The Bertz CT molecular complexity index is 1910. The highest BCUT2D eigenvalue weighted by molar-refractivity contribution is 6.23. The number of rotatable bonds is 5. The van der Waals surface area contributed by atoms with Gasteiger partial charge < -0.3 is 0 Å². The minimum Gasteiger partial charge on any atom is -0.0955 e. The molecule has 0 aliphatic heterocycles. The van der Waals surface area contributed by atoms with Gasteiger partial charge in [-0.25, -0.2) is 0 Å². The zero-order valence-electron chi connectivity index (χ0n) is 23.9. The number of benzene rings is 6. The average molecular weight is 529 g/mol. The van der Waals surface area contributed by atoms with Crippen LogP contribution in [0.25, 0.3) is 60.1 Å². The molecule has 1 aliphatic rings. The van der Waals surface area contributed by atoms with Crippen molar-refractivity contribution < 1.29 is 0 Å². The Balaban J connectivity index is 1.53. The van der Waals surface area contributed by atoms with Crippen LogP contribution in [0.1, 0.15) is 56.1 Å². The molecule has 0 heteroatoms. The van der Waals surface area contributed by atoms with Crippen LogP contribution >= 0.6 is 0 Å². The Kier molecular flexibility index (Phi) is 6.56. The molecule has 0 amide bonds. The van der Waals surface area contributed by atoms with E-state index in [1.165, 1.54) is 92.2 Å². The van der Waals surface area contributed by atoms with Crippen LogP contribution in [0.2, 0.25) is 0 Å². The van der Waals surface area contributed by atoms with E-state index in [-0.39, 0.29) is 0 Å². The van der Waals surface area contributed by atoms with E-state index in [2.05, 4.69) is 122 Å². The molecule has 7 rings (SSSR count). The van der Waals surface area contributed by atoms with E-state index < -0.39 is 0 Å². The van der Waals surface area contributed by atoms with Gasteiger partial charge in [-0.1, -0.05) is 141 Å². The smallest absolute Gasteiger partial charge is 0.00201 e. The zero-order chi connectivity index (χ0) is 27.9. The molecule has 0 nitrogen and oxygen atoms in total. The summed E-state index contributed by atoms with van der Waals surface area (Å²) in [6.07, 6.45) is 6.68. The highest BCUT2D eigenvalue weighted by Crippen LogP contribution is 2.47. The predicted octanol–water partition coefficient (Wildman–Crippen LogP) is 12.1. The van der Waals surface area contributed by atoms with E-state index in [1.807, 2.05) is 6.92 Å². The van der Waals surface area contributed by atoms with Gasteiger partial charge >= 0.3 is 0 Å². The monoisotopic (exact) mass is 528 g/mol. The summed E-state index contributed by atoms with van der Waals surface area (Å²) in [6, 6.07) is 40.7. The van der Waals surface area contributed by atoms with E-state index in [4.69, 9.17) is 0 Å². The van der Waals surface area contributed by atoms with Crippen molar-refractivity contribution >= 4 is 37.9 Å². The molecule has 0 atom stereocenters. The lowest BCUT2D eigenvalue weighted by molar-refractivity contribution is 0.445. The minimum absolute atomic E-state index is 0.666. The maximum atomic E-state index is 4.31. The van der Waals surface area contributed by atoms with E-state index >= 15 is 0 Å². The third-order valence-corrected chi connectivity index (χ3v) is 9.22. The molecule has 0 saturated heterocycles. The number of hydrogen-bond acceptors (Lipinski definition) is 0. The quantitative estimate of drug-likeness (QED) is 0.154. The van der Waals surface area contributed by atoms with E-state index in [9.17, 15) is 0 Å². The van der Waals surface area contributed by atoms with Crippen LogP contribution in [-0.4, -0.2) is 0 Å². The maximum absolute atomic E-state index is 4.31. The van der Waals surface area contributed by atoms with Crippen LogP contribution in [0.3, 0.4) is 0 Å². The second-order valence-corrected chi connectivity index (χ2v) is 11.8. The summed E-state index contributed by atoms with van der Waals surface area (Å²) in [4.78, 5) is 0. The van der Waals surface area contributed by atoms with E-state index in [0.29, 0.717) is 5.92 Å². The Morgan fingerprint density at radius 3 is 1.73 bits per heavy atom. The van der Waals surface area contributed by atoms with Gasteiger partial charge in [0.25, 0.3) is 0 Å². The maximum Gasteiger partial charge on any atom is -0.00201 e. The minimum atomic E-state index is 0.666. The SMILES string of the molecule is C=C(C)C(=C)c1cccc(-c2c3ccccc3c(-c3ccc(C4CCCCC4)c4ccccc34)c3ccccc23)c1. The van der Waals surface area contributed by atoms with Gasteiger partial charge in [0.1, 0.15) is 0 Å². The summed E-state index contributed by atoms with van der Waals surface area (Å²) in [5.74, 6) is 0.666. The normalized spacial score (nSPS) is 14.1. The van der Waals surface area contributed by atoms with Crippen LogP contribution < -0.4 is 0 Å². The predicted molar refractivity (Wildman–Crippen MR) is 180 cm³/mol. The fourth-order valence-electron chi connectivity index (χ4n) is 7.15. The lowest BCUT2D eigenvalue weighted by Crippen LogP contribution is -2.05. The molecule has 0 radical (unpaired) electrons. The Morgan fingerprint density at radius 2 is 1.12 bits per heavy atom. The first-order chi connectivity index (χ1) is 20.1. The zero-order valence-corrected chi connectivity index (χ0v) is 23.9. The van der Waals surface area contributed by atoms with Gasteiger partial charge in [0.05, 0.1) is 0 Å². The van der Waals surface area contributed by atoms with Crippen molar-refractivity contribution in [3.05, 3.63) is 139 Å². The topological polar surface area (TPSA) is 0 Å². The van der Waals surface area contributed by atoms with Crippen molar-refractivity contribution in [1.29, 1.82) is 0 Å². The van der Waals surface area contributed by atoms with E-state index in [1.54, 1.807) is 0 Å². The van der Waals surface area contributed by atoms with Crippen molar-refractivity contribution in [1.82, 2.24) is 0 Å². The molecule has 0 aromatic heterocycles. The van der Waals surface area contributed by atoms with Crippen molar-refractivity contribution in [3.8, 4) is 22.3 Å². The molecule has 0 spiro atoms. The van der Waals surface area contributed by atoms with E-state index in [0.717, 1.165) is 16.7 Å². The van der Waals surface area contributed by atoms with Gasteiger partial charge in [-0.3, -0.25) is 0 Å². The Labute approximate surface area is 243 Å². The second kappa shape index (κ2) is 10.5. The first-order valence-electron chi connectivity index (χ1n) is 15.0. The van der Waals surface area contributed by atoms with Gasteiger partial charge in [-0.15, -0.1) is 0 Å².